The Balaban J connectivity index is 1.73. The Labute approximate surface area is 138 Å². The van der Waals surface area contributed by atoms with Crippen molar-refractivity contribution in [3.05, 3.63) is 51.4 Å². The Bertz CT molecular complexity index is 928. The number of fused-ring (bicyclic) bond motifs is 1. The molecule has 1 aliphatic carbocycles. The molecule has 0 unspecified atom stereocenters. The second kappa shape index (κ2) is 5.58. The van der Waals surface area contributed by atoms with Crippen LogP contribution in [0.3, 0.4) is 0 Å². The molecule has 0 saturated carbocycles. The van der Waals surface area contributed by atoms with Gasteiger partial charge in [-0.05, 0) is 44.0 Å². The topological polar surface area (TPSA) is 74.7 Å². The van der Waals surface area contributed by atoms with Crippen molar-refractivity contribution < 1.29 is 0 Å². The van der Waals surface area contributed by atoms with Gasteiger partial charge < -0.3 is 0 Å². The van der Waals surface area contributed by atoms with Crippen LogP contribution in [-0.2, 0) is 12.8 Å². The highest BCUT2D eigenvalue weighted by molar-refractivity contribution is 7.71. The van der Waals surface area contributed by atoms with Crippen LogP contribution in [0.1, 0.15) is 28.8 Å². The first-order valence-electron chi connectivity index (χ1n) is 7.57. The Morgan fingerprint density at radius 1 is 1.17 bits per heavy atom. The van der Waals surface area contributed by atoms with E-state index < -0.39 is 0 Å². The predicted octanol–water partition coefficient (Wildman–Crippen LogP) is 3.01. The van der Waals surface area contributed by atoms with Gasteiger partial charge in [-0.1, -0.05) is 29.8 Å². The number of benzene rings is 1. The van der Waals surface area contributed by atoms with E-state index in [0.717, 1.165) is 30.5 Å². The third kappa shape index (κ3) is 2.53. The highest BCUT2D eigenvalue weighted by Gasteiger charge is 2.23. The summed E-state index contributed by atoms with van der Waals surface area (Å²) < 4.78 is 2.09. The van der Waals surface area contributed by atoms with Gasteiger partial charge in [0.1, 0.15) is 5.69 Å². The fourth-order valence-corrected chi connectivity index (χ4v) is 3.01. The standard InChI is InChI=1S/C16H16N6S/c1-10-5-7-11(8-6-10)9-17-22-15(20-21-16(22)23)14-12-3-2-4-13(12)18-19-14/h5-9H,2-4H2,1H3,(H,18,19)(H,21,23)/b17-9-. The van der Waals surface area contributed by atoms with Gasteiger partial charge in [0.05, 0.1) is 6.21 Å². The highest BCUT2D eigenvalue weighted by atomic mass is 32.1. The summed E-state index contributed by atoms with van der Waals surface area (Å²) in [4.78, 5) is 0. The summed E-state index contributed by atoms with van der Waals surface area (Å²) in [7, 11) is 0. The maximum Gasteiger partial charge on any atom is 0.216 e. The SMILES string of the molecule is Cc1ccc(/C=N\n2c(-c3n[nH]c4c3CCC4)n[nH]c2=S)cc1. The Morgan fingerprint density at radius 2 is 2.00 bits per heavy atom. The lowest BCUT2D eigenvalue weighted by Gasteiger charge is -2.00. The van der Waals surface area contributed by atoms with Gasteiger partial charge in [-0.15, -0.1) is 0 Å². The highest BCUT2D eigenvalue weighted by Crippen LogP contribution is 2.29. The monoisotopic (exact) mass is 324 g/mol. The van der Waals surface area contributed by atoms with Crippen LogP contribution >= 0.6 is 12.2 Å². The number of H-pyrrole nitrogens is 2. The number of aromatic nitrogens is 5. The molecule has 4 rings (SSSR count). The normalized spacial score (nSPS) is 13.8. The molecule has 1 aromatic carbocycles. The van der Waals surface area contributed by atoms with E-state index in [0.29, 0.717) is 10.6 Å². The van der Waals surface area contributed by atoms with Gasteiger partial charge in [0.15, 0.2) is 0 Å². The van der Waals surface area contributed by atoms with Crippen LogP contribution in [0.2, 0.25) is 0 Å². The van der Waals surface area contributed by atoms with Crippen LogP contribution in [-0.4, -0.2) is 31.3 Å². The molecule has 3 aromatic rings. The second-order valence-corrected chi connectivity index (χ2v) is 6.09. The first kappa shape index (κ1) is 14.1. The van der Waals surface area contributed by atoms with Gasteiger partial charge in [-0.25, -0.2) is 5.10 Å². The average molecular weight is 324 g/mol. The van der Waals surface area contributed by atoms with Crippen LogP contribution in [0.5, 0.6) is 0 Å². The molecule has 0 spiro atoms. The number of nitrogens with zero attached hydrogens (tertiary/aromatic N) is 4. The van der Waals surface area contributed by atoms with E-state index in [1.165, 1.54) is 16.8 Å². The van der Waals surface area contributed by atoms with Crippen molar-refractivity contribution >= 4 is 18.4 Å². The minimum Gasteiger partial charge on any atom is -0.282 e. The molecule has 0 fully saturated rings. The minimum atomic E-state index is 0.457. The van der Waals surface area contributed by atoms with Gasteiger partial charge in [-0.3, -0.25) is 5.10 Å². The quantitative estimate of drug-likeness (QED) is 0.574. The summed E-state index contributed by atoms with van der Waals surface area (Å²) in [6.45, 7) is 2.06. The minimum absolute atomic E-state index is 0.457. The lowest BCUT2D eigenvalue weighted by molar-refractivity contribution is 0.844. The van der Waals surface area contributed by atoms with Crippen LogP contribution in [0.15, 0.2) is 29.4 Å². The molecule has 1 aliphatic rings. The molecule has 0 amide bonds. The summed E-state index contributed by atoms with van der Waals surface area (Å²) in [5.41, 5.74) is 5.49. The number of nitrogens with one attached hydrogen (secondary N) is 2. The summed E-state index contributed by atoms with van der Waals surface area (Å²) in [6, 6.07) is 8.15. The average Bonchev–Trinajstić information content (AvgIpc) is 3.23. The van der Waals surface area contributed by atoms with Crippen LogP contribution < -0.4 is 0 Å². The second-order valence-electron chi connectivity index (χ2n) is 5.70. The first-order chi connectivity index (χ1) is 11.2. The van der Waals surface area contributed by atoms with Gasteiger partial charge in [0.25, 0.3) is 0 Å². The zero-order valence-corrected chi connectivity index (χ0v) is 13.5. The summed E-state index contributed by atoms with van der Waals surface area (Å²) in [5.74, 6) is 0.651. The van der Waals surface area contributed by atoms with Crippen molar-refractivity contribution in [3.63, 3.8) is 0 Å². The van der Waals surface area contributed by atoms with Gasteiger partial charge in [-0.2, -0.15) is 20.0 Å². The molecule has 6 nitrogen and oxygen atoms in total. The largest absolute Gasteiger partial charge is 0.282 e. The summed E-state index contributed by atoms with van der Waals surface area (Å²) in [6.07, 6.45) is 4.98. The van der Waals surface area contributed by atoms with E-state index in [9.17, 15) is 0 Å². The predicted molar refractivity (Wildman–Crippen MR) is 91.2 cm³/mol. The fourth-order valence-electron chi connectivity index (χ4n) is 2.83. The molecule has 0 atom stereocenters. The van der Waals surface area contributed by atoms with Crippen molar-refractivity contribution in [2.45, 2.75) is 26.2 Å². The molecule has 0 radical (unpaired) electrons. The van der Waals surface area contributed by atoms with Crippen molar-refractivity contribution in [1.29, 1.82) is 0 Å². The zero-order chi connectivity index (χ0) is 15.8. The van der Waals surface area contributed by atoms with E-state index in [1.54, 1.807) is 10.9 Å². The number of rotatable bonds is 3. The van der Waals surface area contributed by atoms with Crippen molar-refractivity contribution in [3.8, 4) is 11.5 Å². The Hall–Kier alpha value is -2.54. The van der Waals surface area contributed by atoms with Crippen molar-refractivity contribution in [1.82, 2.24) is 25.1 Å². The molecule has 0 saturated heterocycles. The van der Waals surface area contributed by atoms with Gasteiger partial charge >= 0.3 is 0 Å². The third-order valence-corrected chi connectivity index (χ3v) is 4.33. The molecule has 23 heavy (non-hydrogen) atoms. The molecular weight excluding hydrogens is 308 g/mol. The Morgan fingerprint density at radius 3 is 2.83 bits per heavy atom. The van der Waals surface area contributed by atoms with E-state index in [2.05, 4.69) is 44.6 Å². The van der Waals surface area contributed by atoms with Gasteiger partial charge in [0.2, 0.25) is 10.6 Å². The maximum atomic E-state index is 5.30. The summed E-state index contributed by atoms with van der Waals surface area (Å²) in [5, 5.41) is 19.1. The van der Waals surface area contributed by atoms with E-state index >= 15 is 0 Å². The third-order valence-electron chi connectivity index (χ3n) is 4.07. The van der Waals surface area contributed by atoms with E-state index in [1.807, 2.05) is 12.1 Å². The van der Waals surface area contributed by atoms with Crippen molar-refractivity contribution in [2.75, 3.05) is 0 Å². The Kier molecular flexibility index (Phi) is 3.42. The molecule has 2 aromatic heterocycles. The van der Waals surface area contributed by atoms with Crippen molar-refractivity contribution in [2.24, 2.45) is 5.10 Å². The van der Waals surface area contributed by atoms with Gasteiger partial charge in [0, 0.05) is 11.3 Å². The van der Waals surface area contributed by atoms with E-state index in [-0.39, 0.29) is 0 Å². The van der Waals surface area contributed by atoms with E-state index in [4.69, 9.17) is 12.2 Å². The smallest absolute Gasteiger partial charge is 0.216 e. The molecule has 2 N–H and O–H groups in total. The van der Waals surface area contributed by atoms with Crippen LogP contribution in [0, 0.1) is 11.7 Å². The first-order valence-corrected chi connectivity index (χ1v) is 7.98. The number of hydrogen-bond donors (Lipinski definition) is 2. The lowest BCUT2D eigenvalue weighted by atomic mass is 10.2. The maximum absolute atomic E-state index is 5.30. The molecule has 0 aliphatic heterocycles. The molecule has 2 heterocycles. The molecule has 116 valence electrons. The molecule has 0 bridgehead atoms. The number of hydrogen-bond acceptors (Lipinski definition) is 4. The van der Waals surface area contributed by atoms with Crippen LogP contribution in [0.4, 0.5) is 0 Å². The molecule has 7 heteroatoms. The molecular formula is C16H16N6S. The summed E-state index contributed by atoms with van der Waals surface area (Å²) >= 11 is 5.30. The fraction of sp³-hybridized carbons (Fsp3) is 0.250. The lowest BCUT2D eigenvalue weighted by Crippen LogP contribution is -1.97. The number of aryl methyl sites for hydroxylation is 2. The zero-order valence-electron chi connectivity index (χ0n) is 12.7. The number of aromatic amines is 2. The van der Waals surface area contributed by atoms with Crippen LogP contribution in [0.25, 0.3) is 11.5 Å².